The largest absolute Gasteiger partial charge is 0.328 e. The molecule has 0 amide bonds. The monoisotopic (exact) mass is 248 g/mol. The van der Waals surface area contributed by atoms with Crippen LogP contribution in [0.3, 0.4) is 0 Å². The maximum atomic E-state index is 5.89. The maximum Gasteiger partial charge on any atom is 0.0345 e. The molecule has 0 spiro atoms. The summed E-state index contributed by atoms with van der Waals surface area (Å²) in [6.07, 6.45) is 2.18. The molecule has 0 heterocycles. The van der Waals surface area contributed by atoms with E-state index in [2.05, 4.69) is 58.8 Å². The molecule has 1 rings (SSSR count). The van der Waals surface area contributed by atoms with E-state index < -0.39 is 0 Å². The van der Waals surface area contributed by atoms with Crippen LogP contribution in [0.15, 0.2) is 12.1 Å². The first kappa shape index (κ1) is 15.2. The van der Waals surface area contributed by atoms with Crippen molar-refractivity contribution >= 4 is 0 Å². The Hall–Kier alpha value is -0.860. The fraction of sp³-hybridized carbons (Fsp3) is 0.625. The van der Waals surface area contributed by atoms with Crippen molar-refractivity contribution in [3.8, 4) is 0 Å². The molecule has 2 N–H and O–H groups in total. The van der Waals surface area contributed by atoms with E-state index in [1.54, 1.807) is 0 Å². The molecule has 2 nitrogen and oxygen atoms in total. The Morgan fingerprint density at radius 2 is 1.67 bits per heavy atom. The first-order valence-corrected chi connectivity index (χ1v) is 6.83. The molecule has 2 heteroatoms. The third kappa shape index (κ3) is 3.56. The predicted molar refractivity (Wildman–Crippen MR) is 80.0 cm³/mol. The lowest BCUT2D eigenvalue weighted by atomic mass is 9.91. The molecule has 18 heavy (non-hydrogen) atoms. The van der Waals surface area contributed by atoms with Gasteiger partial charge < -0.3 is 10.6 Å². The summed E-state index contributed by atoms with van der Waals surface area (Å²) in [6, 6.07) is 5.26. The van der Waals surface area contributed by atoms with E-state index in [9.17, 15) is 0 Å². The SMILES string of the molecule is Cc1ccc(C(CCC(C)N)N(C)C)c(C)c1C. The number of nitrogens with two attached hydrogens (primary N) is 1. The van der Waals surface area contributed by atoms with E-state index in [1.807, 2.05) is 0 Å². The summed E-state index contributed by atoms with van der Waals surface area (Å²) in [5.41, 5.74) is 11.6. The highest BCUT2D eigenvalue weighted by molar-refractivity contribution is 5.40. The fourth-order valence-electron chi connectivity index (χ4n) is 2.45. The lowest BCUT2D eigenvalue weighted by molar-refractivity contribution is 0.274. The molecule has 0 aromatic heterocycles. The van der Waals surface area contributed by atoms with Crippen LogP contribution in [0.1, 0.15) is 48.1 Å². The van der Waals surface area contributed by atoms with E-state index in [-0.39, 0.29) is 6.04 Å². The number of hydrogen-bond acceptors (Lipinski definition) is 2. The van der Waals surface area contributed by atoms with Gasteiger partial charge in [-0.15, -0.1) is 0 Å². The van der Waals surface area contributed by atoms with E-state index in [0.29, 0.717) is 6.04 Å². The highest BCUT2D eigenvalue weighted by atomic mass is 15.1. The summed E-state index contributed by atoms with van der Waals surface area (Å²) < 4.78 is 0. The molecule has 0 fully saturated rings. The Balaban J connectivity index is 3.03. The number of benzene rings is 1. The Morgan fingerprint density at radius 3 is 2.17 bits per heavy atom. The van der Waals surface area contributed by atoms with Crippen molar-refractivity contribution in [3.63, 3.8) is 0 Å². The maximum absolute atomic E-state index is 5.89. The first-order chi connectivity index (χ1) is 8.34. The molecule has 1 aromatic rings. The third-order valence-corrected chi connectivity index (χ3v) is 3.98. The zero-order valence-electron chi connectivity index (χ0n) is 12.7. The second-order valence-corrected chi connectivity index (χ2v) is 5.76. The lowest BCUT2D eigenvalue weighted by Crippen LogP contribution is -2.24. The Morgan fingerprint density at radius 1 is 1.06 bits per heavy atom. The van der Waals surface area contributed by atoms with E-state index in [1.165, 1.54) is 22.3 Å². The zero-order valence-corrected chi connectivity index (χ0v) is 12.7. The van der Waals surface area contributed by atoms with Gasteiger partial charge in [0.25, 0.3) is 0 Å². The molecule has 0 aliphatic carbocycles. The van der Waals surface area contributed by atoms with Crippen molar-refractivity contribution in [2.75, 3.05) is 14.1 Å². The minimum atomic E-state index is 0.277. The first-order valence-electron chi connectivity index (χ1n) is 6.83. The molecule has 2 atom stereocenters. The van der Waals surface area contributed by atoms with Crippen LogP contribution in [0.25, 0.3) is 0 Å². The van der Waals surface area contributed by atoms with Crippen molar-refractivity contribution in [3.05, 3.63) is 34.4 Å². The predicted octanol–water partition coefficient (Wildman–Crippen LogP) is 3.34. The molecular formula is C16H28N2. The van der Waals surface area contributed by atoms with Gasteiger partial charge in [-0.1, -0.05) is 12.1 Å². The molecule has 102 valence electrons. The van der Waals surface area contributed by atoms with Crippen LogP contribution in [0, 0.1) is 20.8 Å². The quantitative estimate of drug-likeness (QED) is 0.866. The molecule has 0 aliphatic rings. The summed E-state index contributed by atoms with van der Waals surface area (Å²) >= 11 is 0. The highest BCUT2D eigenvalue weighted by Gasteiger charge is 2.17. The van der Waals surface area contributed by atoms with Gasteiger partial charge in [0.05, 0.1) is 0 Å². The van der Waals surface area contributed by atoms with Gasteiger partial charge in [-0.3, -0.25) is 0 Å². The van der Waals surface area contributed by atoms with Gasteiger partial charge in [0.2, 0.25) is 0 Å². The molecule has 1 aromatic carbocycles. The van der Waals surface area contributed by atoms with Crippen LogP contribution >= 0.6 is 0 Å². The summed E-state index contributed by atoms with van der Waals surface area (Å²) in [4.78, 5) is 2.31. The second kappa shape index (κ2) is 6.35. The molecule has 0 saturated carbocycles. The van der Waals surface area contributed by atoms with Crippen molar-refractivity contribution in [2.24, 2.45) is 5.73 Å². The minimum absolute atomic E-state index is 0.277. The van der Waals surface area contributed by atoms with Gasteiger partial charge in [0.15, 0.2) is 0 Å². The molecule has 0 saturated heterocycles. The summed E-state index contributed by atoms with van der Waals surface area (Å²) in [5.74, 6) is 0. The number of aryl methyl sites for hydroxylation is 1. The Labute approximate surface area is 112 Å². The molecular weight excluding hydrogens is 220 g/mol. The van der Waals surface area contributed by atoms with Gasteiger partial charge in [-0.05, 0) is 76.9 Å². The van der Waals surface area contributed by atoms with Crippen molar-refractivity contribution in [2.45, 2.75) is 52.6 Å². The van der Waals surface area contributed by atoms with Gasteiger partial charge in [-0.2, -0.15) is 0 Å². The van der Waals surface area contributed by atoms with Crippen molar-refractivity contribution < 1.29 is 0 Å². The molecule has 2 unspecified atom stereocenters. The molecule has 0 aliphatic heterocycles. The van der Waals surface area contributed by atoms with Crippen LogP contribution in [0.5, 0.6) is 0 Å². The molecule has 0 radical (unpaired) electrons. The van der Waals surface area contributed by atoms with E-state index >= 15 is 0 Å². The van der Waals surface area contributed by atoms with Gasteiger partial charge >= 0.3 is 0 Å². The minimum Gasteiger partial charge on any atom is -0.328 e. The summed E-state index contributed by atoms with van der Waals surface area (Å²) in [7, 11) is 4.31. The van der Waals surface area contributed by atoms with E-state index in [0.717, 1.165) is 12.8 Å². The average molecular weight is 248 g/mol. The standard InChI is InChI=1S/C16H28N2/c1-11-7-9-15(14(4)13(11)3)16(18(5)6)10-8-12(2)17/h7,9,12,16H,8,10,17H2,1-6H3. The van der Waals surface area contributed by atoms with Crippen molar-refractivity contribution in [1.82, 2.24) is 4.90 Å². The smallest absolute Gasteiger partial charge is 0.0345 e. The number of rotatable bonds is 5. The lowest BCUT2D eigenvalue weighted by Gasteiger charge is -2.28. The number of hydrogen-bond donors (Lipinski definition) is 1. The van der Waals surface area contributed by atoms with Gasteiger partial charge in [0, 0.05) is 12.1 Å². The highest BCUT2D eigenvalue weighted by Crippen LogP contribution is 2.29. The number of nitrogens with zero attached hydrogens (tertiary/aromatic N) is 1. The van der Waals surface area contributed by atoms with Crippen molar-refractivity contribution in [1.29, 1.82) is 0 Å². The molecule has 0 bridgehead atoms. The average Bonchev–Trinajstić information content (AvgIpc) is 2.28. The van der Waals surface area contributed by atoms with E-state index in [4.69, 9.17) is 5.73 Å². The van der Waals surface area contributed by atoms with Crippen LogP contribution in [0.4, 0.5) is 0 Å². The third-order valence-electron chi connectivity index (χ3n) is 3.98. The van der Waals surface area contributed by atoms with Gasteiger partial charge in [-0.25, -0.2) is 0 Å². The van der Waals surface area contributed by atoms with Crippen LogP contribution < -0.4 is 5.73 Å². The van der Waals surface area contributed by atoms with Crippen LogP contribution in [-0.2, 0) is 0 Å². The topological polar surface area (TPSA) is 29.3 Å². The van der Waals surface area contributed by atoms with Gasteiger partial charge in [0.1, 0.15) is 0 Å². The summed E-state index contributed by atoms with van der Waals surface area (Å²) in [5, 5.41) is 0. The zero-order chi connectivity index (χ0) is 13.9. The fourth-order valence-corrected chi connectivity index (χ4v) is 2.45. The summed E-state index contributed by atoms with van der Waals surface area (Å²) in [6.45, 7) is 8.71. The normalized spacial score (nSPS) is 14.9. The Bertz CT molecular complexity index is 394. The van der Waals surface area contributed by atoms with Crippen LogP contribution in [-0.4, -0.2) is 25.0 Å². The Kier molecular flexibility index (Phi) is 5.36. The van der Waals surface area contributed by atoms with Crippen LogP contribution in [0.2, 0.25) is 0 Å². The second-order valence-electron chi connectivity index (χ2n) is 5.76.